The smallest absolute Gasteiger partial charge is 0.236 e. The molecule has 0 fully saturated rings. The number of aromatic nitrogens is 4. The van der Waals surface area contributed by atoms with Gasteiger partial charge in [-0.05, 0) is 24.6 Å². The fraction of sp³-hybridized carbons (Fsp3) is 0.364. The molecule has 1 aliphatic rings. The summed E-state index contributed by atoms with van der Waals surface area (Å²) in [7, 11) is 0. The van der Waals surface area contributed by atoms with Gasteiger partial charge in [0.15, 0.2) is 27.4 Å². The Kier molecular flexibility index (Phi) is 5.21. The highest BCUT2D eigenvalue weighted by Crippen LogP contribution is 2.36. The predicted octanol–water partition coefficient (Wildman–Crippen LogP) is 4.45. The van der Waals surface area contributed by atoms with E-state index in [1.54, 1.807) is 0 Å². The van der Waals surface area contributed by atoms with Crippen molar-refractivity contribution < 1.29 is 14.3 Å². The summed E-state index contributed by atoms with van der Waals surface area (Å²) in [6, 6.07) is 5.99. The molecule has 0 radical (unpaired) electrons. The summed E-state index contributed by atoms with van der Waals surface area (Å²) in [5.41, 5.74) is 3.58. The number of pyridine rings is 1. The summed E-state index contributed by atoms with van der Waals surface area (Å²) < 4.78 is 13.5. The van der Waals surface area contributed by atoms with Crippen LogP contribution in [-0.2, 0) is 10.2 Å². The van der Waals surface area contributed by atoms with Gasteiger partial charge in [-0.25, -0.2) is 4.98 Å². The van der Waals surface area contributed by atoms with Crippen LogP contribution in [0.5, 0.6) is 11.5 Å². The van der Waals surface area contributed by atoms with Gasteiger partial charge in [0, 0.05) is 22.2 Å². The number of carbonyl (C=O) groups excluding carboxylic acids is 1. The van der Waals surface area contributed by atoms with Crippen LogP contribution in [0.4, 0.5) is 5.13 Å². The molecule has 8 nitrogen and oxygen atoms in total. The lowest BCUT2D eigenvalue weighted by molar-refractivity contribution is -0.113. The minimum absolute atomic E-state index is 0.0540. The lowest BCUT2D eigenvalue weighted by Gasteiger charge is -2.19. The average Bonchev–Trinajstić information content (AvgIpc) is 3.39. The molecule has 1 N–H and O–H groups in total. The van der Waals surface area contributed by atoms with Gasteiger partial charge in [0.2, 0.25) is 5.91 Å². The first-order chi connectivity index (χ1) is 15.3. The molecule has 10 heteroatoms. The van der Waals surface area contributed by atoms with Gasteiger partial charge in [0.25, 0.3) is 0 Å². The topological polar surface area (TPSA) is 90.6 Å². The second-order valence-corrected chi connectivity index (χ2v) is 10.4. The van der Waals surface area contributed by atoms with Crippen molar-refractivity contribution in [1.82, 2.24) is 19.6 Å². The molecule has 4 heterocycles. The van der Waals surface area contributed by atoms with E-state index >= 15 is 0 Å². The fourth-order valence-electron chi connectivity index (χ4n) is 3.50. The van der Waals surface area contributed by atoms with Crippen LogP contribution in [0.2, 0.25) is 0 Å². The SMILES string of the molecule is Cc1cc2cc3c(cc2n2c(SCC(=O)Nc4nc(C(C)(C)C)cs4)nnc12)OCCO3. The van der Waals surface area contributed by atoms with Gasteiger partial charge in [-0.15, -0.1) is 21.5 Å². The number of benzene rings is 1. The highest BCUT2D eigenvalue weighted by molar-refractivity contribution is 7.99. The van der Waals surface area contributed by atoms with E-state index in [9.17, 15) is 4.79 Å². The first kappa shape index (κ1) is 21.0. The predicted molar refractivity (Wildman–Crippen MR) is 126 cm³/mol. The summed E-state index contributed by atoms with van der Waals surface area (Å²) in [6.45, 7) is 9.35. The Bertz CT molecular complexity index is 1340. The number of nitrogens with zero attached hydrogens (tertiary/aromatic N) is 4. The molecule has 0 saturated heterocycles. The molecule has 0 saturated carbocycles. The van der Waals surface area contributed by atoms with Crippen LogP contribution in [0, 0.1) is 6.92 Å². The van der Waals surface area contributed by atoms with Crippen molar-refractivity contribution in [2.75, 3.05) is 24.3 Å². The molecule has 0 atom stereocenters. The number of aryl methyl sites for hydroxylation is 1. The molecule has 0 spiro atoms. The molecule has 166 valence electrons. The summed E-state index contributed by atoms with van der Waals surface area (Å²) >= 11 is 2.78. The largest absolute Gasteiger partial charge is 0.486 e. The lowest BCUT2D eigenvalue weighted by Crippen LogP contribution is -2.16. The van der Waals surface area contributed by atoms with Crippen LogP contribution in [0.1, 0.15) is 32.0 Å². The fourth-order valence-corrected chi connectivity index (χ4v) is 5.20. The molecule has 0 aliphatic carbocycles. The maximum absolute atomic E-state index is 12.6. The third kappa shape index (κ3) is 3.88. The number of hydrogen-bond donors (Lipinski definition) is 1. The number of thioether (sulfide) groups is 1. The van der Waals surface area contributed by atoms with E-state index in [0.717, 1.165) is 33.6 Å². The Morgan fingerprint density at radius 2 is 1.94 bits per heavy atom. The molecule has 0 unspecified atom stereocenters. The zero-order valence-electron chi connectivity index (χ0n) is 18.3. The van der Waals surface area contributed by atoms with Crippen molar-refractivity contribution in [2.45, 2.75) is 38.3 Å². The molecular weight excluding hydrogens is 446 g/mol. The zero-order chi connectivity index (χ0) is 22.5. The van der Waals surface area contributed by atoms with E-state index in [0.29, 0.717) is 29.3 Å². The molecule has 5 rings (SSSR count). The second-order valence-electron chi connectivity index (χ2n) is 8.65. The number of amides is 1. The number of ether oxygens (including phenoxy) is 2. The van der Waals surface area contributed by atoms with Crippen molar-refractivity contribution in [2.24, 2.45) is 0 Å². The third-order valence-corrected chi connectivity index (χ3v) is 6.83. The first-order valence-electron chi connectivity index (χ1n) is 10.3. The van der Waals surface area contributed by atoms with Crippen LogP contribution in [0.3, 0.4) is 0 Å². The lowest BCUT2D eigenvalue weighted by atomic mass is 9.93. The summed E-state index contributed by atoms with van der Waals surface area (Å²) in [5.74, 6) is 1.51. The monoisotopic (exact) mass is 469 g/mol. The Hall–Kier alpha value is -2.85. The summed E-state index contributed by atoms with van der Waals surface area (Å²) in [6.07, 6.45) is 0. The standard InChI is InChI=1S/C22H23N5O3S2/c1-12-7-13-8-15-16(30-6-5-29-15)9-14(13)27-19(12)25-26-21(27)32-11-18(28)24-20-23-17(10-31-20)22(2,3)4/h7-10H,5-6,11H2,1-4H3,(H,23,24,28). The average molecular weight is 470 g/mol. The van der Waals surface area contributed by atoms with Crippen LogP contribution in [0.25, 0.3) is 16.6 Å². The number of carbonyl (C=O) groups is 1. The van der Waals surface area contributed by atoms with E-state index in [4.69, 9.17) is 9.47 Å². The van der Waals surface area contributed by atoms with Gasteiger partial charge in [-0.2, -0.15) is 0 Å². The highest BCUT2D eigenvalue weighted by atomic mass is 32.2. The molecule has 0 bridgehead atoms. The van der Waals surface area contributed by atoms with Crippen molar-refractivity contribution in [3.8, 4) is 11.5 Å². The van der Waals surface area contributed by atoms with Gasteiger partial charge in [0.05, 0.1) is 17.0 Å². The molecular formula is C22H23N5O3S2. The van der Waals surface area contributed by atoms with Gasteiger partial charge in [-0.3, -0.25) is 9.20 Å². The number of anilines is 1. The molecule has 4 aromatic rings. The first-order valence-corrected chi connectivity index (χ1v) is 12.1. The van der Waals surface area contributed by atoms with Crippen molar-refractivity contribution in [3.05, 3.63) is 34.8 Å². The van der Waals surface area contributed by atoms with E-state index in [-0.39, 0.29) is 17.1 Å². The van der Waals surface area contributed by atoms with Gasteiger partial charge in [0.1, 0.15) is 13.2 Å². The molecule has 32 heavy (non-hydrogen) atoms. The Labute approximate surface area is 193 Å². The zero-order valence-corrected chi connectivity index (χ0v) is 19.9. The molecule has 1 aromatic carbocycles. The minimum Gasteiger partial charge on any atom is -0.486 e. The van der Waals surface area contributed by atoms with Crippen LogP contribution in [-0.4, -0.2) is 44.5 Å². The van der Waals surface area contributed by atoms with E-state index in [1.807, 2.05) is 28.8 Å². The maximum atomic E-state index is 12.6. The Morgan fingerprint density at radius 3 is 2.66 bits per heavy atom. The molecule has 3 aromatic heterocycles. The van der Waals surface area contributed by atoms with Crippen LogP contribution in [0.15, 0.2) is 28.7 Å². The number of thiazole rings is 1. The number of hydrogen-bond acceptors (Lipinski definition) is 8. The highest BCUT2D eigenvalue weighted by Gasteiger charge is 2.20. The van der Waals surface area contributed by atoms with E-state index < -0.39 is 0 Å². The maximum Gasteiger partial charge on any atom is 0.236 e. The van der Waals surface area contributed by atoms with Crippen LogP contribution < -0.4 is 14.8 Å². The quantitative estimate of drug-likeness (QED) is 0.442. The Balaban J connectivity index is 1.40. The van der Waals surface area contributed by atoms with Gasteiger partial charge >= 0.3 is 0 Å². The van der Waals surface area contributed by atoms with Crippen molar-refractivity contribution in [1.29, 1.82) is 0 Å². The molecule has 1 aliphatic heterocycles. The summed E-state index contributed by atoms with van der Waals surface area (Å²) in [4.78, 5) is 17.1. The van der Waals surface area contributed by atoms with Gasteiger partial charge < -0.3 is 14.8 Å². The number of rotatable bonds is 4. The van der Waals surface area contributed by atoms with Crippen LogP contribution >= 0.6 is 23.1 Å². The minimum atomic E-state index is -0.132. The third-order valence-electron chi connectivity index (χ3n) is 5.14. The number of fused-ring (bicyclic) bond motifs is 4. The van der Waals surface area contributed by atoms with E-state index in [2.05, 4.69) is 47.3 Å². The van der Waals surface area contributed by atoms with Crippen molar-refractivity contribution >= 4 is 50.7 Å². The van der Waals surface area contributed by atoms with Crippen molar-refractivity contribution in [3.63, 3.8) is 0 Å². The normalized spacial score (nSPS) is 13.6. The van der Waals surface area contributed by atoms with E-state index in [1.165, 1.54) is 23.1 Å². The second kappa shape index (κ2) is 7.93. The molecule has 1 amide bonds. The van der Waals surface area contributed by atoms with Gasteiger partial charge in [-0.1, -0.05) is 32.5 Å². The summed E-state index contributed by atoms with van der Waals surface area (Å²) in [5, 5.41) is 15.8. The number of nitrogens with one attached hydrogen (secondary N) is 1. The Morgan fingerprint density at radius 1 is 1.19 bits per heavy atom.